The van der Waals surface area contributed by atoms with Crippen LogP contribution in [0.15, 0.2) is 4.63 Å². The number of carboxylic acids is 1. The third-order valence-corrected chi connectivity index (χ3v) is 3.16. The van der Waals surface area contributed by atoms with Gasteiger partial charge in [0.1, 0.15) is 6.04 Å². The fourth-order valence-corrected chi connectivity index (χ4v) is 2.47. The monoisotopic (exact) mass is 244 g/mol. The second-order valence-electron chi connectivity index (χ2n) is 3.13. The molecule has 0 aliphatic carbocycles. The Morgan fingerprint density at radius 3 is 2.88 bits per heavy atom. The standard InChI is InChI=1S/C7H8N4O4S/c8-5-4(9-15-10-5)6(12)11-2-16-1-3(11)7(13)14/h3H,1-2H2,(H2,8,10)(H,13,14). The minimum atomic E-state index is -1.05. The van der Waals surface area contributed by atoms with Gasteiger partial charge in [0.15, 0.2) is 0 Å². The van der Waals surface area contributed by atoms with Crippen LogP contribution in [-0.4, -0.2) is 49.9 Å². The van der Waals surface area contributed by atoms with E-state index in [0.29, 0.717) is 11.6 Å². The molecule has 1 atom stereocenters. The number of rotatable bonds is 2. The number of nitrogens with two attached hydrogens (primary N) is 1. The summed E-state index contributed by atoms with van der Waals surface area (Å²) in [5.74, 6) is -1.11. The van der Waals surface area contributed by atoms with E-state index in [1.165, 1.54) is 16.7 Å². The molecule has 0 bridgehead atoms. The van der Waals surface area contributed by atoms with Crippen molar-refractivity contribution in [2.75, 3.05) is 17.4 Å². The van der Waals surface area contributed by atoms with Crippen LogP contribution in [0.25, 0.3) is 0 Å². The van der Waals surface area contributed by atoms with Crippen molar-refractivity contribution < 1.29 is 19.3 Å². The Morgan fingerprint density at radius 2 is 2.31 bits per heavy atom. The molecule has 0 saturated carbocycles. The topological polar surface area (TPSA) is 123 Å². The lowest BCUT2D eigenvalue weighted by Gasteiger charge is -2.18. The lowest BCUT2D eigenvalue weighted by Crippen LogP contribution is -2.42. The molecule has 0 aromatic carbocycles. The molecule has 2 heterocycles. The number of nitrogen functional groups attached to an aromatic ring is 1. The van der Waals surface area contributed by atoms with Gasteiger partial charge < -0.3 is 15.7 Å². The average Bonchev–Trinajstić information content (AvgIpc) is 2.84. The summed E-state index contributed by atoms with van der Waals surface area (Å²) in [6.07, 6.45) is 0. The van der Waals surface area contributed by atoms with Crippen LogP contribution in [0.2, 0.25) is 0 Å². The number of aliphatic carboxylic acids is 1. The van der Waals surface area contributed by atoms with E-state index in [9.17, 15) is 9.59 Å². The highest BCUT2D eigenvalue weighted by molar-refractivity contribution is 7.99. The Balaban J connectivity index is 2.22. The summed E-state index contributed by atoms with van der Waals surface area (Å²) < 4.78 is 4.29. The third-order valence-electron chi connectivity index (χ3n) is 2.14. The number of hydrogen-bond acceptors (Lipinski definition) is 7. The largest absolute Gasteiger partial charge is 0.480 e. The lowest BCUT2D eigenvalue weighted by atomic mass is 10.2. The molecule has 1 amide bonds. The van der Waals surface area contributed by atoms with E-state index in [1.54, 1.807) is 0 Å². The first-order valence-corrected chi connectivity index (χ1v) is 5.46. The van der Waals surface area contributed by atoms with Gasteiger partial charge in [0, 0.05) is 5.75 Å². The van der Waals surface area contributed by atoms with E-state index >= 15 is 0 Å². The van der Waals surface area contributed by atoms with Gasteiger partial charge in [0.25, 0.3) is 5.91 Å². The maximum atomic E-state index is 11.9. The van der Waals surface area contributed by atoms with Crippen molar-refractivity contribution in [1.29, 1.82) is 0 Å². The van der Waals surface area contributed by atoms with E-state index in [1.807, 2.05) is 0 Å². The van der Waals surface area contributed by atoms with Gasteiger partial charge in [-0.25, -0.2) is 9.42 Å². The lowest BCUT2D eigenvalue weighted by molar-refractivity contribution is -0.140. The van der Waals surface area contributed by atoms with E-state index in [0.717, 1.165) is 0 Å². The summed E-state index contributed by atoms with van der Waals surface area (Å²) in [5.41, 5.74) is 5.22. The highest BCUT2D eigenvalue weighted by atomic mass is 32.2. The number of carbonyl (C=O) groups excluding carboxylic acids is 1. The molecule has 1 aromatic heterocycles. The minimum Gasteiger partial charge on any atom is -0.480 e. The van der Waals surface area contributed by atoms with Crippen molar-refractivity contribution in [3.63, 3.8) is 0 Å². The molecule has 1 aromatic rings. The summed E-state index contributed by atoms with van der Waals surface area (Å²) in [4.78, 5) is 23.9. The van der Waals surface area contributed by atoms with Crippen LogP contribution in [0.1, 0.15) is 10.5 Å². The Bertz CT molecular complexity index is 434. The van der Waals surface area contributed by atoms with Gasteiger partial charge in [-0.15, -0.1) is 11.8 Å². The first kappa shape index (κ1) is 10.7. The molecule has 0 spiro atoms. The minimum absolute atomic E-state index is 0.133. The second kappa shape index (κ2) is 4.00. The van der Waals surface area contributed by atoms with Crippen molar-refractivity contribution in [1.82, 2.24) is 15.2 Å². The number of hydrogen-bond donors (Lipinski definition) is 2. The van der Waals surface area contributed by atoms with Crippen molar-refractivity contribution in [2.24, 2.45) is 0 Å². The second-order valence-corrected chi connectivity index (χ2v) is 4.13. The van der Waals surface area contributed by atoms with Gasteiger partial charge in [-0.1, -0.05) is 0 Å². The molecule has 3 N–H and O–H groups in total. The predicted molar refractivity (Wildman–Crippen MR) is 53.6 cm³/mol. The van der Waals surface area contributed by atoms with Gasteiger partial charge in [0.2, 0.25) is 11.5 Å². The quantitative estimate of drug-likeness (QED) is 0.696. The molecule has 1 saturated heterocycles. The van der Waals surface area contributed by atoms with Crippen molar-refractivity contribution in [3.05, 3.63) is 5.69 Å². The van der Waals surface area contributed by atoms with Gasteiger partial charge in [-0.05, 0) is 10.3 Å². The Morgan fingerprint density at radius 1 is 1.56 bits per heavy atom. The molecule has 1 fully saturated rings. The summed E-state index contributed by atoms with van der Waals surface area (Å²) in [5, 5.41) is 15.5. The number of nitrogens with zero attached hydrogens (tertiary/aromatic N) is 3. The van der Waals surface area contributed by atoms with E-state index in [-0.39, 0.29) is 11.5 Å². The summed E-state index contributed by atoms with van der Waals surface area (Å²) in [6.45, 7) is 0. The molecule has 9 heteroatoms. The predicted octanol–water partition coefficient (Wildman–Crippen LogP) is -0.749. The van der Waals surface area contributed by atoms with Crippen LogP contribution in [0.5, 0.6) is 0 Å². The van der Waals surface area contributed by atoms with Crippen LogP contribution in [0.4, 0.5) is 5.82 Å². The zero-order valence-electron chi connectivity index (χ0n) is 7.99. The molecule has 1 aliphatic heterocycles. The third kappa shape index (κ3) is 1.69. The molecule has 2 rings (SSSR count). The summed E-state index contributed by atoms with van der Waals surface area (Å²) in [6, 6.07) is -0.853. The van der Waals surface area contributed by atoms with Crippen LogP contribution in [0, 0.1) is 0 Å². The Kier molecular flexibility index (Phi) is 2.69. The van der Waals surface area contributed by atoms with Gasteiger partial charge in [-0.2, -0.15) is 0 Å². The number of carboxylic acid groups (broad SMARTS) is 1. The first-order valence-electron chi connectivity index (χ1n) is 4.31. The molecular weight excluding hydrogens is 236 g/mol. The first-order chi connectivity index (χ1) is 7.61. The highest BCUT2D eigenvalue weighted by Crippen LogP contribution is 2.23. The van der Waals surface area contributed by atoms with E-state index < -0.39 is 17.9 Å². The molecule has 1 unspecified atom stereocenters. The fraction of sp³-hybridized carbons (Fsp3) is 0.429. The Labute approximate surface area is 93.7 Å². The molecule has 16 heavy (non-hydrogen) atoms. The molecule has 0 radical (unpaired) electrons. The zero-order valence-corrected chi connectivity index (χ0v) is 8.81. The number of carbonyl (C=O) groups is 2. The average molecular weight is 244 g/mol. The summed E-state index contributed by atoms with van der Waals surface area (Å²) in [7, 11) is 0. The van der Waals surface area contributed by atoms with Gasteiger partial charge >= 0.3 is 5.97 Å². The zero-order chi connectivity index (χ0) is 11.7. The Hall–Kier alpha value is -1.77. The van der Waals surface area contributed by atoms with Crippen molar-refractivity contribution >= 4 is 29.5 Å². The van der Waals surface area contributed by atoms with Gasteiger partial charge in [0.05, 0.1) is 5.88 Å². The maximum absolute atomic E-state index is 11.9. The number of aromatic nitrogens is 2. The molecule has 86 valence electrons. The van der Waals surface area contributed by atoms with Crippen LogP contribution >= 0.6 is 11.8 Å². The SMILES string of the molecule is Nc1nonc1C(=O)N1CSCC1C(=O)O. The highest BCUT2D eigenvalue weighted by Gasteiger charge is 2.37. The van der Waals surface area contributed by atoms with Crippen LogP contribution in [-0.2, 0) is 4.79 Å². The van der Waals surface area contributed by atoms with Crippen molar-refractivity contribution in [2.45, 2.75) is 6.04 Å². The number of anilines is 1. The molecule has 1 aliphatic rings. The van der Waals surface area contributed by atoms with E-state index in [4.69, 9.17) is 10.8 Å². The summed E-state index contributed by atoms with van der Waals surface area (Å²) >= 11 is 1.35. The maximum Gasteiger partial charge on any atom is 0.327 e. The van der Waals surface area contributed by atoms with Crippen LogP contribution in [0.3, 0.4) is 0 Å². The molecular formula is C7H8N4O4S. The van der Waals surface area contributed by atoms with Gasteiger partial charge in [-0.3, -0.25) is 4.79 Å². The smallest absolute Gasteiger partial charge is 0.327 e. The molecule has 8 nitrogen and oxygen atoms in total. The number of thioether (sulfide) groups is 1. The van der Waals surface area contributed by atoms with Crippen LogP contribution < -0.4 is 5.73 Å². The fourth-order valence-electron chi connectivity index (χ4n) is 1.33. The van der Waals surface area contributed by atoms with E-state index in [2.05, 4.69) is 14.9 Å². The normalized spacial score (nSPS) is 20.0. The van der Waals surface area contributed by atoms with Crippen molar-refractivity contribution in [3.8, 4) is 0 Å². The number of amides is 1.